The van der Waals surface area contributed by atoms with Crippen molar-refractivity contribution in [2.75, 3.05) is 5.32 Å². The van der Waals surface area contributed by atoms with Gasteiger partial charge >= 0.3 is 6.09 Å². The van der Waals surface area contributed by atoms with E-state index in [1.165, 1.54) is 10.5 Å². The number of nitrogens with zero attached hydrogens (tertiary/aromatic N) is 1. The molecule has 0 saturated heterocycles. The van der Waals surface area contributed by atoms with E-state index in [0.29, 0.717) is 18.0 Å². The molecule has 3 amide bonds. The van der Waals surface area contributed by atoms with Gasteiger partial charge in [-0.05, 0) is 61.4 Å². The van der Waals surface area contributed by atoms with Crippen LogP contribution >= 0.6 is 0 Å². The third-order valence-corrected chi connectivity index (χ3v) is 6.27. The van der Waals surface area contributed by atoms with Crippen molar-refractivity contribution >= 4 is 23.6 Å². The average Bonchev–Trinajstić information content (AvgIpc) is 2.80. The van der Waals surface area contributed by atoms with Crippen LogP contribution in [0.25, 0.3) is 0 Å². The molecular formula is C29H39N3O4. The summed E-state index contributed by atoms with van der Waals surface area (Å²) in [4.78, 5) is 41.2. The van der Waals surface area contributed by atoms with Crippen LogP contribution < -0.4 is 10.6 Å². The first-order chi connectivity index (χ1) is 16.9. The van der Waals surface area contributed by atoms with Crippen LogP contribution in [0.1, 0.15) is 71.1 Å². The fourth-order valence-electron chi connectivity index (χ4n) is 4.23. The van der Waals surface area contributed by atoms with Crippen LogP contribution in [-0.2, 0) is 27.3 Å². The van der Waals surface area contributed by atoms with E-state index in [1.54, 1.807) is 20.8 Å². The predicted octanol–water partition coefficient (Wildman–Crippen LogP) is 5.25. The lowest BCUT2D eigenvalue weighted by Gasteiger charge is -2.37. The van der Waals surface area contributed by atoms with E-state index in [1.807, 2.05) is 62.4 Å². The quantitative estimate of drug-likeness (QED) is 0.575. The maximum Gasteiger partial charge on any atom is 0.411 e. The Bertz CT molecular complexity index is 1090. The van der Waals surface area contributed by atoms with Crippen LogP contribution in [0, 0.1) is 5.92 Å². The van der Waals surface area contributed by atoms with Gasteiger partial charge in [-0.2, -0.15) is 0 Å². The Morgan fingerprint density at radius 1 is 0.944 bits per heavy atom. The average molecular weight is 494 g/mol. The molecule has 194 valence electrons. The van der Waals surface area contributed by atoms with Crippen LogP contribution in [0.3, 0.4) is 0 Å². The highest BCUT2D eigenvalue weighted by Gasteiger charge is 2.38. The lowest BCUT2D eigenvalue weighted by atomic mass is 9.93. The molecule has 0 fully saturated rings. The van der Waals surface area contributed by atoms with Gasteiger partial charge in [0.05, 0.1) is 6.54 Å². The zero-order valence-corrected chi connectivity index (χ0v) is 22.4. The fraction of sp³-hybridized carbons (Fsp3) is 0.483. The molecule has 2 unspecified atom stereocenters. The number of benzene rings is 2. The van der Waals surface area contributed by atoms with Gasteiger partial charge in [0.25, 0.3) is 0 Å². The zero-order valence-electron chi connectivity index (χ0n) is 22.4. The van der Waals surface area contributed by atoms with Crippen LogP contribution in [0.2, 0.25) is 0 Å². The minimum atomic E-state index is -0.783. The van der Waals surface area contributed by atoms with E-state index in [-0.39, 0.29) is 24.3 Å². The molecule has 1 aliphatic rings. The Labute approximate surface area is 214 Å². The summed E-state index contributed by atoms with van der Waals surface area (Å²) in [6, 6.07) is 13.9. The summed E-state index contributed by atoms with van der Waals surface area (Å²) >= 11 is 0. The Balaban J connectivity index is 1.79. The second-order valence-electron chi connectivity index (χ2n) is 11.1. The first-order valence-electron chi connectivity index (χ1n) is 12.6. The molecule has 0 spiro atoms. The molecule has 0 radical (unpaired) electrons. The number of nitrogens with one attached hydrogen (secondary N) is 2. The lowest BCUT2D eigenvalue weighted by molar-refractivity contribution is -0.131. The first kappa shape index (κ1) is 27.2. The molecule has 2 aromatic carbocycles. The number of ether oxygens (including phenoxy) is 1. The van der Waals surface area contributed by atoms with E-state index in [0.717, 1.165) is 11.1 Å². The van der Waals surface area contributed by atoms with Crippen molar-refractivity contribution in [3.63, 3.8) is 0 Å². The van der Waals surface area contributed by atoms with Gasteiger partial charge in [0.1, 0.15) is 17.7 Å². The Morgan fingerprint density at radius 2 is 1.56 bits per heavy atom. The van der Waals surface area contributed by atoms with E-state index in [9.17, 15) is 14.4 Å². The van der Waals surface area contributed by atoms with E-state index in [4.69, 9.17) is 4.74 Å². The monoisotopic (exact) mass is 493 g/mol. The number of rotatable bonds is 6. The van der Waals surface area contributed by atoms with Gasteiger partial charge in [-0.15, -0.1) is 0 Å². The molecule has 0 aromatic heterocycles. The number of carbonyl (C=O) groups excluding carboxylic acids is 3. The third-order valence-electron chi connectivity index (χ3n) is 6.27. The summed E-state index contributed by atoms with van der Waals surface area (Å²) in [6.45, 7) is 13.6. The van der Waals surface area contributed by atoms with Crippen molar-refractivity contribution < 1.29 is 19.1 Å². The van der Waals surface area contributed by atoms with Crippen molar-refractivity contribution in [1.82, 2.24) is 10.2 Å². The van der Waals surface area contributed by atoms with Gasteiger partial charge in [-0.25, -0.2) is 4.79 Å². The number of hydrogen-bond acceptors (Lipinski definition) is 4. The van der Waals surface area contributed by atoms with Gasteiger partial charge in [0, 0.05) is 12.1 Å². The number of carbonyl (C=O) groups is 3. The van der Waals surface area contributed by atoms with Crippen molar-refractivity contribution in [3.05, 3.63) is 65.2 Å². The fourth-order valence-corrected chi connectivity index (χ4v) is 4.23. The summed E-state index contributed by atoms with van der Waals surface area (Å²) in [5, 5.41) is 5.83. The van der Waals surface area contributed by atoms with Crippen LogP contribution in [0.5, 0.6) is 0 Å². The molecule has 7 nitrogen and oxygen atoms in total. The van der Waals surface area contributed by atoms with Crippen LogP contribution in [0.15, 0.2) is 48.5 Å². The van der Waals surface area contributed by atoms with Crippen molar-refractivity contribution in [2.45, 2.75) is 85.0 Å². The van der Waals surface area contributed by atoms with E-state index in [2.05, 4.69) is 24.5 Å². The Kier molecular flexibility index (Phi) is 8.43. The number of amides is 3. The van der Waals surface area contributed by atoms with Gasteiger partial charge in [-0.1, -0.05) is 64.1 Å². The van der Waals surface area contributed by atoms with Crippen molar-refractivity contribution in [3.8, 4) is 0 Å². The predicted molar refractivity (Wildman–Crippen MR) is 142 cm³/mol. The Morgan fingerprint density at radius 3 is 2.11 bits per heavy atom. The highest BCUT2D eigenvalue weighted by Crippen LogP contribution is 2.26. The lowest BCUT2D eigenvalue weighted by Crippen LogP contribution is -2.57. The molecule has 2 N–H and O–H groups in total. The Hall–Kier alpha value is -3.35. The molecule has 2 atom stereocenters. The molecule has 0 bridgehead atoms. The van der Waals surface area contributed by atoms with Crippen LogP contribution in [0.4, 0.5) is 10.5 Å². The minimum absolute atomic E-state index is 0.158. The first-order valence-corrected chi connectivity index (χ1v) is 12.6. The van der Waals surface area contributed by atoms with E-state index < -0.39 is 23.8 Å². The SMILES string of the molecule is CC(C)c1ccc(NC(=O)C(NC(=O)C2Cc3ccccc3CN2C(=O)OC(C)(C)C)C(C)C)cc1. The van der Waals surface area contributed by atoms with Gasteiger partial charge in [0.2, 0.25) is 11.8 Å². The molecule has 2 aromatic rings. The topological polar surface area (TPSA) is 87.7 Å². The molecular weight excluding hydrogens is 454 g/mol. The van der Waals surface area contributed by atoms with E-state index >= 15 is 0 Å². The highest BCUT2D eigenvalue weighted by atomic mass is 16.6. The largest absolute Gasteiger partial charge is 0.444 e. The molecule has 7 heteroatoms. The maximum absolute atomic E-state index is 13.5. The third kappa shape index (κ3) is 6.86. The maximum atomic E-state index is 13.5. The number of anilines is 1. The van der Waals surface area contributed by atoms with Crippen molar-refractivity contribution in [2.24, 2.45) is 5.92 Å². The van der Waals surface area contributed by atoms with Crippen molar-refractivity contribution in [1.29, 1.82) is 0 Å². The molecule has 0 saturated carbocycles. The van der Waals surface area contributed by atoms with Gasteiger partial charge < -0.3 is 15.4 Å². The van der Waals surface area contributed by atoms with Crippen LogP contribution in [-0.4, -0.2) is 40.5 Å². The second kappa shape index (κ2) is 11.1. The molecule has 1 heterocycles. The summed E-state index contributed by atoms with van der Waals surface area (Å²) < 4.78 is 5.61. The highest BCUT2D eigenvalue weighted by molar-refractivity contribution is 5.98. The number of hydrogen-bond donors (Lipinski definition) is 2. The minimum Gasteiger partial charge on any atom is -0.444 e. The molecule has 1 aliphatic heterocycles. The smallest absolute Gasteiger partial charge is 0.411 e. The number of fused-ring (bicyclic) bond motifs is 1. The normalized spacial score (nSPS) is 16.4. The summed E-state index contributed by atoms with van der Waals surface area (Å²) in [5.74, 6) is -0.434. The second-order valence-corrected chi connectivity index (χ2v) is 11.1. The zero-order chi connectivity index (χ0) is 26.6. The summed E-state index contributed by atoms with van der Waals surface area (Å²) in [5.41, 5.74) is 3.15. The van der Waals surface area contributed by atoms with Gasteiger partial charge in [-0.3, -0.25) is 14.5 Å². The summed E-state index contributed by atoms with van der Waals surface area (Å²) in [7, 11) is 0. The summed E-state index contributed by atoms with van der Waals surface area (Å²) in [6.07, 6.45) is -0.197. The molecule has 0 aliphatic carbocycles. The standard InChI is InChI=1S/C29H39N3O4/c1-18(2)20-12-14-23(15-13-20)30-27(34)25(19(3)4)31-26(33)24-16-21-10-8-9-11-22(21)17-32(24)28(35)36-29(5,6)7/h8-15,18-19,24-25H,16-17H2,1-7H3,(H,30,34)(H,31,33). The van der Waals surface area contributed by atoms with Gasteiger partial charge in [0.15, 0.2) is 0 Å². The molecule has 3 rings (SSSR count). The molecule has 36 heavy (non-hydrogen) atoms.